The second-order valence-electron chi connectivity index (χ2n) is 5.69. The van der Waals surface area contributed by atoms with Crippen LogP contribution in [0.3, 0.4) is 0 Å². The molecule has 120 valence electrons. The maximum Gasteiger partial charge on any atom is 0.318 e. The Morgan fingerprint density at radius 2 is 2.09 bits per heavy atom. The fourth-order valence-electron chi connectivity index (χ4n) is 2.86. The molecule has 0 radical (unpaired) electrons. The number of nitrogens with one attached hydrogen (secondary N) is 1. The zero-order valence-corrected chi connectivity index (χ0v) is 12.9. The molecule has 3 N–H and O–H groups in total. The van der Waals surface area contributed by atoms with Gasteiger partial charge in [0.15, 0.2) is 0 Å². The van der Waals surface area contributed by atoms with Gasteiger partial charge in [0.2, 0.25) is 5.91 Å². The molecule has 6 nitrogen and oxygen atoms in total. The molecule has 6 heteroatoms. The quantitative estimate of drug-likeness (QED) is 0.854. The van der Waals surface area contributed by atoms with Crippen molar-refractivity contribution in [3.63, 3.8) is 0 Å². The summed E-state index contributed by atoms with van der Waals surface area (Å²) < 4.78 is 5.25. The molecule has 2 rings (SSSR count). The zero-order chi connectivity index (χ0) is 15.9. The molecule has 0 spiro atoms. The van der Waals surface area contributed by atoms with Crippen LogP contribution in [0.25, 0.3) is 0 Å². The molecule has 22 heavy (non-hydrogen) atoms. The summed E-state index contributed by atoms with van der Waals surface area (Å²) >= 11 is 0. The molecule has 1 aliphatic rings. The van der Waals surface area contributed by atoms with Crippen LogP contribution in [0.15, 0.2) is 24.3 Å². The molecule has 1 saturated heterocycles. The number of methoxy groups -OCH3 is 1. The number of amides is 3. The van der Waals surface area contributed by atoms with Crippen molar-refractivity contribution >= 4 is 11.9 Å². The molecule has 3 amide bonds. The van der Waals surface area contributed by atoms with Crippen molar-refractivity contribution in [2.24, 2.45) is 11.7 Å². The van der Waals surface area contributed by atoms with Gasteiger partial charge < -0.3 is 10.5 Å². The lowest BCUT2D eigenvalue weighted by molar-refractivity contribution is -0.121. The highest BCUT2D eigenvalue weighted by Gasteiger charge is 2.21. The van der Waals surface area contributed by atoms with Gasteiger partial charge in [-0.2, -0.15) is 0 Å². The number of carbonyl (C=O) groups excluding carboxylic acids is 2. The van der Waals surface area contributed by atoms with Crippen molar-refractivity contribution < 1.29 is 14.3 Å². The number of rotatable bonds is 5. The standard InChI is InChI=1S/C16H23N3O3/c1-22-14-4-2-3-13(10-14)9-12-5-7-19(8-6-12)11-15(20)18-16(17)21/h2-4,10,12H,5-9,11H2,1H3,(H3,17,18,20,21). The lowest BCUT2D eigenvalue weighted by atomic mass is 9.90. The van der Waals surface area contributed by atoms with Crippen LogP contribution in [-0.4, -0.2) is 43.6 Å². The van der Waals surface area contributed by atoms with Crippen LogP contribution >= 0.6 is 0 Å². The van der Waals surface area contributed by atoms with E-state index in [1.54, 1.807) is 7.11 Å². The van der Waals surface area contributed by atoms with Gasteiger partial charge in [0.1, 0.15) is 5.75 Å². The van der Waals surface area contributed by atoms with E-state index in [9.17, 15) is 9.59 Å². The van der Waals surface area contributed by atoms with E-state index in [1.165, 1.54) is 5.56 Å². The van der Waals surface area contributed by atoms with Crippen molar-refractivity contribution in [1.29, 1.82) is 0 Å². The Hall–Kier alpha value is -2.08. The lowest BCUT2D eigenvalue weighted by Crippen LogP contribution is -2.44. The SMILES string of the molecule is COc1cccc(CC2CCN(CC(=O)NC(N)=O)CC2)c1. The number of hydrogen-bond acceptors (Lipinski definition) is 4. The molecular weight excluding hydrogens is 282 g/mol. The molecule has 1 heterocycles. The molecule has 0 atom stereocenters. The second-order valence-corrected chi connectivity index (χ2v) is 5.69. The molecule has 1 aromatic carbocycles. The van der Waals surface area contributed by atoms with Crippen molar-refractivity contribution in [3.05, 3.63) is 29.8 Å². The molecular formula is C16H23N3O3. The summed E-state index contributed by atoms with van der Waals surface area (Å²) in [5.41, 5.74) is 6.21. The average Bonchev–Trinajstić information content (AvgIpc) is 2.48. The number of piperidine rings is 1. The third-order valence-electron chi connectivity index (χ3n) is 4.00. The Labute approximate surface area is 130 Å². The van der Waals surface area contributed by atoms with Crippen LogP contribution in [0.5, 0.6) is 5.75 Å². The Kier molecular flexibility index (Phi) is 5.77. The summed E-state index contributed by atoms with van der Waals surface area (Å²) in [6.45, 7) is 1.95. The number of hydrogen-bond donors (Lipinski definition) is 2. The summed E-state index contributed by atoms with van der Waals surface area (Å²) in [6, 6.07) is 7.36. The van der Waals surface area contributed by atoms with E-state index in [2.05, 4.69) is 22.3 Å². The number of urea groups is 1. The molecule has 0 aliphatic carbocycles. The van der Waals surface area contributed by atoms with Gasteiger partial charge in [-0.1, -0.05) is 12.1 Å². The van der Waals surface area contributed by atoms with Crippen molar-refractivity contribution in [2.45, 2.75) is 19.3 Å². The molecule has 1 aliphatic heterocycles. The predicted molar refractivity (Wildman–Crippen MR) is 83.6 cm³/mol. The molecule has 0 saturated carbocycles. The van der Waals surface area contributed by atoms with Crippen molar-refractivity contribution in [2.75, 3.05) is 26.7 Å². The lowest BCUT2D eigenvalue weighted by Gasteiger charge is -2.31. The third-order valence-corrected chi connectivity index (χ3v) is 4.00. The first-order valence-electron chi connectivity index (χ1n) is 7.51. The molecule has 1 aromatic rings. The van der Waals surface area contributed by atoms with Crippen LogP contribution < -0.4 is 15.8 Å². The van der Waals surface area contributed by atoms with E-state index < -0.39 is 6.03 Å². The summed E-state index contributed by atoms with van der Waals surface area (Å²) in [6.07, 6.45) is 3.11. The first-order valence-corrected chi connectivity index (χ1v) is 7.51. The number of primary amides is 1. The van der Waals surface area contributed by atoms with Gasteiger partial charge in [-0.05, 0) is 56.0 Å². The zero-order valence-electron chi connectivity index (χ0n) is 12.9. The summed E-state index contributed by atoms with van der Waals surface area (Å²) in [5.74, 6) is 1.17. The number of nitrogens with two attached hydrogens (primary N) is 1. The normalized spacial score (nSPS) is 16.2. The van der Waals surface area contributed by atoms with Crippen LogP contribution in [0, 0.1) is 5.92 Å². The van der Waals surface area contributed by atoms with E-state index >= 15 is 0 Å². The number of imide groups is 1. The van der Waals surface area contributed by atoms with Gasteiger partial charge in [-0.25, -0.2) is 4.79 Å². The van der Waals surface area contributed by atoms with Crippen LogP contribution in [0.1, 0.15) is 18.4 Å². The number of carbonyl (C=O) groups is 2. The summed E-state index contributed by atoms with van der Waals surface area (Å²) in [7, 11) is 1.68. The largest absolute Gasteiger partial charge is 0.497 e. The van der Waals surface area contributed by atoms with Crippen molar-refractivity contribution in [1.82, 2.24) is 10.2 Å². The van der Waals surface area contributed by atoms with E-state index in [-0.39, 0.29) is 12.5 Å². The van der Waals surface area contributed by atoms with Crippen LogP contribution in [0.4, 0.5) is 4.79 Å². The van der Waals surface area contributed by atoms with Crippen LogP contribution in [-0.2, 0) is 11.2 Å². The number of benzene rings is 1. The van der Waals surface area contributed by atoms with Gasteiger partial charge >= 0.3 is 6.03 Å². The highest BCUT2D eigenvalue weighted by molar-refractivity contribution is 5.94. The highest BCUT2D eigenvalue weighted by Crippen LogP contribution is 2.23. The predicted octanol–water partition coefficient (Wildman–Crippen LogP) is 1.14. The van der Waals surface area contributed by atoms with Gasteiger partial charge in [-0.15, -0.1) is 0 Å². The third kappa shape index (κ3) is 5.04. The first-order chi connectivity index (χ1) is 10.6. The second kappa shape index (κ2) is 7.79. The fraction of sp³-hybridized carbons (Fsp3) is 0.500. The monoisotopic (exact) mass is 305 g/mol. The average molecular weight is 305 g/mol. The Morgan fingerprint density at radius 3 is 2.73 bits per heavy atom. The van der Waals surface area contributed by atoms with Gasteiger partial charge in [0.05, 0.1) is 13.7 Å². The highest BCUT2D eigenvalue weighted by atomic mass is 16.5. The minimum atomic E-state index is -0.794. The van der Waals surface area contributed by atoms with Gasteiger partial charge in [0.25, 0.3) is 0 Å². The molecule has 0 unspecified atom stereocenters. The maximum atomic E-state index is 11.5. The minimum Gasteiger partial charge on any atom is -0.497 e. The number of nitrogens with zero attached hydrogens (tertiary/aromatic N) is 1. The minimum absolute atomic E-state index is 0.231. The fourth-order valence-corrected chi connectivity index (χ4v) is 2.86. The van der Waals surface area contributed by atoms with Crippen molar-refractivity contribution in [3.8, 4) is 5.75 Å². The summed E-state index contributed by atoms with van der Waals surface area (Å²) in [4.78, 5) is 24.2. The number of likely N-dealkylation sites (tertiary alicyclic amines) is 1. The van der Waals surface area contributed by atoms with Crippen LogP contribution in [0.2, 0.25) is 0 Å². The first kappa shape index (κ1) is 16.3. The molecule has 0 bridgehead atoms. The smallest absolute Gasteiger partial charge is 0.318 e. The maximum absolute atomic E-state index is 11.5. The Morgan fingerprint density at radius 1 is 1.36 bits per heavy atom. The topological polar surface area (TPSA) is 84.7 Å². The Balaban J connectivity index is 1.77. The van der Waals surface area contributed by atoms with Gasteiger partial charge in [0, 0.05) is 0 Å². The van der Waals surface area contributed by atoms with Gasteiger partial charge in [-0.3, -0.25) is 15.0 Å². The Bertz CT molecular complexity index is 525. The van der Waals surface area contributed by atoms with E-state index in [1.807, 2.05) is 12.1 Å². The van der Waals surface area contributed by atoms with E-state index in [4.69, 9.17) is 10.5 Å². The molecule has 0 aromatic heterocycles. The number of ether oxygens (including phenoxy) is 1. The van der Waals surface area contributed by atoms with E-state index in [0.29, 0.717) is 5.92 Å². The van der Waals surface area contributed by atoms with E-state index in [0.717, 1.165) is 38.1 Å². The summed E-state index contributed by atoms with van der Waals surface area (Å²) in [5, 5.41) is 2.10. The molecule has 1 fully saturated rings.